The summed E-state index contributed by atoms with van der Waals surface area (Å²) >= 11 is 1.18. The van der Waals surface area contributed by atoms with Crippen molar-refractivity contribution in [2.24, 2.45) is 0 Å². The van der Waals surface area contributed by atoms with E-state index in [0.717, 1.165) is 11.6 Å². The number of thioether (sulfide) groups is 1. The van der Waals surface area contributed by atoms with Crippen molar-refractivity contribution in [2.45, 2.75) is 24.3 Å². The van der Waals surface area contributed by atoms with E-state index in [-0.39, 0.29) is 16.7 Å². The molecule has 0 aliphatic carbocycles. The fourth-order valence-corrected chi connectivity index (χ4v) is 3.10. The number of hydrogen-bond donors (Lipinski definition) is 0. The van der Waals surface area contributed by atoms with E-state index < -0.39 is 11.6 Å². The maximum atomic E-state index is 14.4. The first-order chi connectivity index (χ1) is 12.0. The number of ketones is 1. The lowest BCUT2D eigenvalue weighted by atomic mass is 10.2. The van der Waals surface area contributed by atoms with Crippen LogP contribution in [0.1, 0.15) is 13.8 Å². The third-order valence-corrected chi connectivity index (χ3v) is 4.83. The lowest BCUT2D eigenvalue weighted by molar-refractivity contribution is -0.116. The molecule has 0 saturated heterocycles. The molecule has 3 aromatic rings. The zero-order valence-electron chi connectivity index (χ0n) is 13.6. The highest BCUT2D eigenvalue weighted by Gasteiger charge is 2.22. The van der Waals surface area contributed by atoms with Gasteiger partial charge in [-0.2, -0.15) is 0 Å². The van der Waals surface area contributed by atoms with Gasteiger partial charge in [-0.25, -0.2) is 8.78 Å². The van der Waals surface area contributed by atoms with Crippen molar-refractivity contribution in [1.82, 2.24) is 14.8 Å². The number of aromatic nitrogens is 3. The van der Waals surface area contributed by atoms with Crippen LogP contribution in [0.4, 0.5) is 8.78 Å². The number of rotatable bonds is 5. The molecule has 0 radical (unpaired) electrons. The second-order valence-electron chi connectivity index (χ2n) is 5.47. The Kier molecular flexibility index (Phi) is 4.94. The quantitative estimate of drug-likeness (QED) is 0.638. The van der Waals surface area contributed by atoms with Gasteiger partial charge in [0.1, 0.15) is 17.4 Å². The molecular formula is C18H15F2N3OS. The van der Waals surface area contributed by atoms with Crippen molar-refractivity contribution in [3.05, 3.63) is 60.2 Å². The zero-order valence-corrected chi connectivity index (χ0v) is 14.4. The minimum atomic E-state index is -0.727. The summed E-state index contributed by atoms with van der Waals surface area (Å²) in [4.78, 5) is 11.6. The van der Waals surface area contributed by atoms with E-state index in [1.807, 2.05) is 30.3 Å². The van der Waals surface area contributed by atoms with Gasteiger partial charge in [-0.1, -0.05) is 42.1 Å². The van der Waals surface area contributed by atoms with Gasteiger partial charge in [0.2, 0.25) is 0 Å². The van der Waals surface area contributed by atoms with Crippen molar-refractivity contribution >= 4 is 17.5 Å². The van der Waals surface area contributed by atoms with Crippen LogP contribution in [0.2, 0.25) is 0 Å². The Morgan fingerprint density at radius 3 is 2.48 bits per heavy atom. The highest BCUT2D eigenvalue weighted by Crippen LogP contribution is 2.31. The average Bonchev–Trinajstić information content (AvgIpc) is 2.99. The second kappa shape index (κ2) is 7.14. The maximum Gasteiger partial charge on any atom is 0.196 e. The average molecular weight is 359 g/mol. The lowest BCUT2D eigenvalue weighted by Crippen LogP contribution is -2.10. The molecular weight excluding hydrogens is 344 g/mol. The Balaban J connectivity index is 2.17. The Morgan fingerprint density at radius 1 is 1.12 bits per heavy atom. The molecule has 0 fully saturated rings. The molecule has 1 atom stereocenters. The Bertz CT molecular complexity index is 912. The first-order valence-electron chi connectivity index (χ1n) is 7.60. The molecule has 25 heavy (non-hydrogen) atoms. The normalized spacial score (nSPS) is 12.2. The van der Waals surface area contributed by atoms with Crippen LogP contribution in [0.3, 0.4) is 0 Å². The molecule has 1 heterocycles. The molecule has 128 valence electrons. The molecule has 4 nitrogen and oxygen atoms in total. The van der Waals surface area contributed by atoms with E-state index >= 15 is 0 Å². The van der Waals surface area contributed by atoms with Gasteiger partial charge < -0.3 is 0 Å². The topological polar surface area (TPSA) is 47.8 Å². The molecule has 0 bridgehead atoms. The van der Waals surface area contributed by atoms with Crippen molar-refractivity contribution in [1.29, 1.82) is 0 Å². The van der Waals surface area contributed by atoms with Crippen LogP contribution < -0.4 is 0 Å². The van der Waals surface area contributed by atoms with E-state index in [4.69, 9.17) is 0 Å². The smallest absolute Gasteiger partial charge is 0.196 e. The first kappa shape index (κ1) is 17.3. The largest absolute Gasteiger partial charge is 0.299 e. The third-order valence-electron chi connectivity index (χ3n) is 3.67. The SMILES string of the molecule is CC(=O)C(C)Sc1nnc(-c2ccccc2)n1-c1ccc(F)cc1F. The molecule has 7 heteroatoms. The summed E-state index contributed by atoms with van der Waals surface area (Å²) in [7, 11) is 0. The zero-order chi connectivity index (χ0) is 18.0. The molecule has 1 aromatic heterocycles. The molecule has 0 N–H and O–H groups in total. The number of carbonyl (C=O) groups is 1. The molecule has 1 unspecified atom stereocenters. The van der Waals surface area contributed by atoms with Gasteiger partial charge in [-0.05, 0) is 26.0 Å². The Labute approximate surface area is 147 Å². The van der Waals surface area contributed by atoms with E-state index in [1.165, 1.54) is 35.4 Å². The summed E-state index contributed by atoms with van der Waals surface area (Å²) in [6.45, 7) is 3.23. The van der Waals surface area contributed by atoms with Crippen LogP contribution in [0.15, 0.2) is 53.7 Å². The van der Waals surface area contributed by atoms with Gasteiger partial charge in [0.25, 0.3) is 0 Å². The van der Waals surface area contributed by atoms with Crippen LogP contribution in [0.25, 0.3) is 17.1 Å². The Hall–Kier alpha value is -2.54. The number of halogens is 2. The fourth-order valence-electron chi connectivity index (χ4n) is 2.24. The van der Waals surface area contributed by atoms with Gasteiger partial charge in [-0.3, -0.25) is 9.36 Å². The summed E-state index contributed by atoms with van der Waals surface area (Å²) in [5, 5.41) is 8.28. The van der Waals surface area contributed by atoms with Crippen LogP contribution in [0.5, 0.6) is 0 Å². The van der Waals surface area contributed by atoms with Crippen LogP contribution in [-0.2, 0) is 4.79 Å². The molecule has 0 aliphatic rings. The first-order valence-corrected chi connectivity index (χ1v) is 8.48. The van der Waals surface area contributed by atoms with Crippen molar-refractivity contribution in [2.75, 3.05) is 0 Å². The number of hydrogen-bond acceptors (Lipinski definition) is 4. The molecule has 0 aliphatic heterocycles. The minimum Gasteiger partial charge on any atom is -0.299 e. The van der Waals surface area contributed by atoms with Crippen molar-refractivity contribution < 1.29 is 13.6 Å². The van der Waals surface area contributed by atoms with E-state index in [1.54, 1.807) is 6.92 Å². The number of nitrogens with zero attached hydrogens (tertiary/aromatic N) is 3. The summed E-state index contributed by atoms with van der Waals surface area (Å²) in [6, 6.07) is 12.5. The summed E-state index contributed by atoms with van der Waals surface area (Å²) in [6.07, 6.45) is 0. The summed E-state index contributed by atoms with van der Waals surface area (Å²) < 4.78 is 29.2. The van der Waals surface area contributed by atoms with Gasteiger partial charge in [0, 0.05) is 11.6 Å². The van der Waals surface area contributed by atoms with Crippen LogP contribution in [-0.4, -0.2) is 25.8 Å². The number of carbonyl (C=O) groups excluding carboxylic acids is 1. The minimum absolute atomic E-state index is 0.0274. The van der Waals surface area contributed by atoms with E-state index in [0.29, 0.717) is 11.0 Å². The van der Waals surface area contributed by atoms with Crippen LogP contribution in [0, 0.1) is 11.6 Å². The summed E-state index contributed by atoms with van der Waals surface area (Å²) in [5.41, 5.74) is 0.865. The summed E-state index contributed by atoms with van der Waals surface area (Å²) in [5.74, 6) is -0.999. The van der Waals surface area contributed by atoms with Crippen LogP contribution >= 0.6 is 11.8 Å². The third kappa shape index (κ3) is 3.61. The van der Waals surface area contributed by atoms with Gasteiger partial charge in [0.15, 0.2) is 11.0 Å². The number of Topliss-reactive ketones (excluding diaryl/α,β-unsaturated/α-hetero) is 1. The predicted molar refractivity (Wildman–Crippen MR) is 92.7 cm³/mol. The molecule has 0 saturated carbocycles. The highest BCUT2D eigenvalue weighted by atomic mass is 32.2. The Morgan fingerprint density at radius 2 is 1.84 bits per heavy atom. The molecule has 2 aromatic carbocycles. The molecule has 0 amide bonds. The van der Waals surface area contributed by atoms with Gasteiger partial charge >= 0.3 is 0 Å². The van der Waals surface area contributed by atoms with Crippen molar-refractivity contribution in [3.63, 3.8) is 0 Å². The lowest BCUT2D eigenvalue weighted by Gasteiger charge is -2.13. The second-order valence-corrected chi connectivity index (χ2v) is 6.78. The highest BCUT2D eigenvalue weighted by molar-refractivity contribution is 8.00. The monoisotopic (exact) mass is 359 g/mol. The number of benzene rings is 2. The maximum absolute atomic E-state index is 14.4. The fraction of sp³-hybridized carbons (Fsp3) is 0.167. The molecule has 0 spiro atoms. The van der Waals surface area contributed by atoms with Gasteiger partial charge in [-0.15, -0.1) is 10.2 Å². The molecule has 3 rings (SSSR count). The van der Waals surface area contributed by atoms with E-state index in [2.05, 4.69) is 10.2 Å². The van der Waals surface area contributed by atoms with Gasteiger partial charge in [0.05, 0.1) is 10.9 Å². The van der Waals surface area contributed by atoms with E-state index in [9.17, 15) is 13.6 Å². The standard InChI is InChI=1S/C18H15F2N3OS/c1-11(24)12(2)25-18-22-21-17(13-6-4-3-5-7-13)23(18)16-9-8-14(19)10-15(16)20/h3-10,12H,1-2H3. The predicted octanol–water partition coefficient (Wildman–Crippen LogP) is 4.28. The van der Waals surface area contributed by atoms with Crippen molar-refractivity contribution in [3.8, 4) is 17.1 Å².